The number of rotatable bonds is 10. The van der Waals surface area contributed by atoms with Crippen LogP contribution in [0.2, 0.25) is 0 Å². The van der Waals surface area contributed by atoms with Crippen LogP contribution in [0.1, 0.15) is 26.7 Å². The summed E-state index contributed by atoms with van der Waals surface area (Å²) in [6.45, 7) is 5.21. The molecule has 1 aliphatic rings. The normalized spacial score (nSPS) is 15.4. The first kappa shape index (κ1) is 27.2. The standard InChI is InChI=1S/C26H31N5O6S/c1-4-36-24(34)12-11-22(32)30-14-13-29(16-18(30)2)23(33)17-38-26-28-27-25(21-6-5-15-37-21)31(26)19-7-9-20(35-3)10-8-19/h5-10,15,18H,4,11-14,16-17H2,1-3H3. The van der Waals surface area contributed by atoms with Crippen LogP contribution in [-0.4, -0.2) is 87.5 Å². The molecule has 3 aromatic rings. The van der Waals surface area contributed by atoms with E-state index in [-0.39, 0.29) is 42.4 Å². The van der Waals surface area contributed by atoms with E-state index in [1.807, 2.05) is 35.8 Å². The summed E-state index contributed by atoms with van der Waals surface area (Å²) < 4.78 is 17.6. The summed E-state index contributed by atoms with van der Waals surface area (Å²) in [5.74, 6) is 1.43. The van der Waals surface area contributed by atoms with Gasteiger partial charge in [0, 0.05) is 32.1 Å². The fraction of sp³-hybridized carbons (Fsp3) is 0.423. The molecule has 202 valence electrons. The molecule has 0 radical (unpaired) electrons. The molecule has 0 saturated carbocycles. The third kappa shape index (κ3) is 6.36. The first-order valence-corrected chi connectivity index (χ1v) is 13.4. The molecule has 0 spiro atoms. The average Bonchev–Trinajstić information content (AvgIpc) is 3.60. The molecule has 2 amide bonds. The Labute approximate surface area is 225 Å². The summed E-state index contributed by atoms with van der Waals surface area (Å²) in [5.41, 5.74) is 0.806. The second-order valence-electron chi connectivity index (χ2n) is 8.69. The molecule has 0 aliphatic carbocycles. The van der Waals surface area contributed by atoms with Crippen LogP contribution in [0.15, 0.2) is 52.2 Å². The van der Waals surface area contributed by atoms with Crippen LogP contribution in [-0.2, 0) is 19.1 Å². The maximum Gasteiger partial charge on any atom is 0.306 e. The van der Waals surface area contributed by atoms with Gasteiger partial charge in [0.2, 0.25) is 17.6 Å². The predicted octanol–water partition coefficient (Wildman–Crippen LogP) is 3.03. The van der Waals surface area contributed by atoms with Crippen LogP contribution >= 0.6 is 11.8 Å². The Balaban J connectivity index is 1.39. The molecule has 1 fully saturated rings. The Hall–Kier alpha value is -3.80. The van der Waals surface area contributed by atoms with Crippen molar-refractivity contribution in [3.8, 4) is 23.0 Å². The fourth-order valence-corrected chi connectivity index (χ4v) is 5.11. The van der Waals surface area contributed by atoms with E-state index < -0.39 is 0 Å². The Morgan fingerprint density at radius 1 is 1.08 bits per heavy atom. The first-order chi connectivity index (χ1) is 18.4. The van der Waals surface area contributed by atoms with Gasteiger partial charge in [-0.25, -0.2) is 0 Å². The van der Waals surface area contributed by atoms with Gasteiger partial charge in [-0.1, -0.05) is 11.8 Å². The number of ether oxygens (including phenoxy) is 2. The third-order valence-electron chi connectivity index (χ3n) is 6.18. The van der Waals surface area contributed by atoms with Crippen molar-refractivity contribution in [2.75, 3.05) is 39.1 Å². The van der Waals surface area contributed by atoms with Crippen molar-refractivity contribution in [1.82, 2.24) is 24.6 Å². The lowest BCUT2D eigenvalue weighted by atomic mass is 10.1. The molecule has 38 heavy (non-hydrogen) atoms. The van der Waals surface area contributed by atoms with Crippen molar-refractivity contribution < 1.29 is 28.3 Å². The summed E-state index contributed by atoms with van der Waals surface area (Å²) in [7, 11) is 1.61. The zero-order valence-electron chi connectivity index (χ0n) is 21.7. The second kappa shape index (κ2) is 12.6. The lowest BCUT2D eigenvalue weighted by Gasteiger charge is -2.40. The number of thioether (sulfide) groups is 1. The van der Waals surface area contributed by atoms with Crippen LogP contribution in [0.4, 0.5) is 0 Å². The van der Waals surface area contributed by atoms with E-state index in [4.69, 9.17) is 13.9 Å². The summed E-state index contributed by atoms with van der Waals surface area (Å²) in [5, 5.41) is 9.20. The summed E-state index contributed by atoms with van der Waals surface area (Å²) in [4.78, 5) is 40.8. The molecule has 0 N–H and O–H groups in total. The van der Waals surface area contributed by atoms with Gasteiger partial charge in [-0.3, -0.25) is 19.0 Å². The van der Waals surface area contributed by atoms with Gasteiger partial charge in [-0.05, 0) is 50.2 Å². The summed E-state index contributed by atoms with van der Waals surface area (Å²) >= 11 is 1.29. The van der Waals surface area contributed by atoms with E-state index in [0.29, 0.717) is 43.0 Å². The number of nitrogens with zero attached hydrogens (tertiary/aromatic N) is 5. The second-order valence-corrected chi connectivity index (χ2v) is 9.63. The van der Waals surface area contributed by atoms with Crippen LogP contribution in [0, 0.1) is 0 Å². The zero-order chi connectivity index (χ0) is 27.1. The number of amides is 2. The number of esters is 1. The summed E-state index contributed by atoms with van der Waals surface area (Å²) in [6, 6.07) is 10.9. The minimum Gasteiger partial charge on any atom is -0.497 e. The highest BCUT2D eigenvalue weighted by atomic mass is 32.2. The highest BCUT2D eigenvalue weighted by Crippen LogP contribution is 2.29. The van der Waals surface area contributed by atoms with Gasteiger partial charge in [0.25, 0.3) is 0 Å². The van der Waals surface area contributed by atoms with Crippen molar-refractivity contribution in [3.05, 3.63) is 42.7 Å². The number of carbonyl (C=O) groups excluding carboxylic acids is 3. The number of aromatic nitrogens is 3. The zero-order valence-corrected chi connectivity index (χ0v) is 22.5. The molecule has 1 saturated heterocycles. The highest BCUT2D eigenvalue weighted by molar-refractivity contribution is 7.99. The number of methoxy groups -OCH3 is 1. The highest BCUT2D eigenvalue weighted by Gasteiger charge is 2.30. The predicted molar refractivity (Wildman–Crippen MR) is 140 cm³/mol. The Morgan fingerprint density at radius 2 is 1.87 bits per heavy atom. The largest absolute Gasteiger partial charge is 0.497 e. The van der Waals surface area contributed by atoms with E-state index in [0.717, 1.165) is 11.4 Å². The molecule has 1 unspecified atom stereocenters. The third-order valence-corrected chi connectivity index (χ3v) is 7.09. The Morgan fingerprint density at radius 3 is 2.53 bits per heavy atom. The smallest absolute Gasteiger partial charge is 0.306 e. The molecule has 4 rings (SSSR count). The van der Waals surface area contributed by atoms with Gasteiger partial charge in [-0.15, -0.1) is 10.2 Å². The van der Waals surface area contributed by atoms with Crippen molar-refractivity contribution >= 4 is 29.5 Å². The van der Waals surface area contributed by atoms with Crippen LogP contribution in [0.3, 0.4) is 0 Å². The maximum atomic E-state index is 13.1. The first-order valence-electron chi connectivity index (χ1n) is 12.4. The van der Waals surface area contributed by atoms with E-state index in [2.05, 4.69) is 10.2 Å². The van der Waals surface area contributed by atoms with Gasteiger partial charge in [-0.2, -0.15) is 0 Å². The fourth-order valence-electron chi connectivity index (χ4n) is 4.25. The van der Waals surface area contributed by atoms with Crippen molar-refractivity contribution in [2.45, 2.75) is 37.9 Å². The molecule has 3 heterocycles. The van der Waals surface area contributed by atoms with Gasteiger partial charge in [0.15, 0.2) is 10.9 Å². The molecule has 11 nitrogen and oxygen atoms in total. The Bertz CT molecular complexity index is 1240. The SMILES string of the molecule is CCOC(=O)CCC(=O)N1CCN(C(=O)CSc2nnc(-c3ccco3)n2-c2ccc(OC)cc2)CC1C. The molecule has 0 bridgehead atoms. The number of piperazine rings is 1. The van der Waals surface area contributed by atoms with Crippen molar-refractivity contribution in [2.24, 2.45) is 0 Å². The van der Waals surface area contributed by atoms with Gasteiger partial charge in [0.1, 0.15) is 5.75 Å². The van der Waals surface area contributed by atoms with E-state index >= 15 is 0 Å². The number of benzene rings is 1. The van der Waals surface area contributed by atoms with E-state index in [1.165, 1.54) is 11.8 Å². The Kier molecular flexibility index (Phi) is 9.06. The quantitative estimate of drug-likeness (QED) is 0.282. The van der Waals surface area contributed by atoms with E-state index in [9.17, 15) is 14.4 Å². The number of carbonyl (C=O) groups is 3. The lowest BCUT2D eigenvalue weighted by molar-refractivity contribution is -0.147. The molecular weight excluding hydrogens is 510 g/mol. The van der Waals surface area contributed by atoms with Crippen LogP contribution in [0.25, 0.3) is 17.3 Å². The van der Waals surface area contributed by atoms with Crippen molar-refractivity contribution in [1.29, 1.82) is 0 Å². The maximum absolute atomic E-state index is 13.1. The van der Waals surface area contributed by atoms with E-state index in [1.54, 1.807) is 42.2 Å². The number of furan rings is 1. The van der Waals surface area contributed by atoms with Crippen LogP contribution in [0.5, 0.6) is 5.75 Å². The number of hydrogen-bond acceptors (Lipinski definition) is 9. The molecular formula is C26H31N5O6S. The molecule has 1 aromatic carbocycles. The minimum atomic E-state index is -0.378. The lowest BCUT2D eigenvalue weighted by Crippen LogP contribution is -2.55. The number of hydrogen-bond donors (Lipinski definition) is 0. The van der Waals surface area contributed by atoms with Crippen molar-refractivity contribution in [3.63, 3.8) is 0 Å². The van der Waals surface area contributed by atoms with Gasteiger partial charge < -0.3 is 23.7 Å². The molecule has 12 heteroatoms. The summed E-state index contributed by atoms with van der Waals surface area (Å²) in [6.07, 6.45) is 1.73. The minimum absolute atomic E-state index is 0.0516. The van der Waals surface area contributed by atoms with Gasteiger partial charge >= 0.3 is 5.97 Å². The topological polar surface area (TPSA) is 120 Å². The average molecular weight is 542 g/mol. The monoisotopic (exact) mass is 541 g/mol. The van der Waals surface area contributed by atoms with Gasteiger partial charge in [0.05, 0.1) is 37.8 Å². The molecule has 1 aliphatic heterocycles. The molecule has 1 atom stereocenters. The van der Waals surface area contributed by atoms with Crippen LogP contribution < -0.4 is 4.74 Å². The molecule has 2 aromatic heterocycles.